The summed E-state index contributed by atoms with van der Waals surface area (Å²) in [5.41, 5.74) is 8.17. The van der Waals surface area contributed by atoms with Crippen molar-refractivity contribution in [2.45, 2.75) is 41.5 Å². The van der Waals surface area contributed by atoms with Crippen LogP contribution in [-0.4, -0.2) is 9.97 Å². The molecule has 0 fully saturated rings. The first-order valence-electron chi connectivity index (χ1n) is 7.86. The highest BCUT2D eigenvalue weighted by molar-refractivity contribution is 5.89. The summed E-state index contributed by atoms with van der Waals surface area (Å²) in [4.78, 5) is 8.94. The second-order valence-electron chi connectivity index (χ2n) is 5.46. The minimum Gasteiger partial charge on any atom is -0.262 e. The van der Waals surface area contributed by atoms with Crippen LogP contribution in [0.3, 0.4) is 0 Å². The highest BCUT2D eigenvalue weighted by Gasteiger charge is 2.07. The van der Waals surface area contributed by atoms with Gasteiger partial charge in [-0.3, -0.25) is 9.97 Å². The number of pyridine rings is 2. The van der Waals surface area contributed by atoms with Crippen molar-refractivity contribution < 1.29 is 0 Å². The molecular weight excluding hydrogens is 268 g/mol. The second kappa shape index (κ2) is 6.69. The Hall–Kier alpha value is -2.22. The fourth-order valence-electron chi connectivity index (χ4n) is 2.72. The zero-order chi connectivity index (χ0) is 16.3. The molecule has 22 heavy (non-hydrogen) atoms. The molecule has 0 saturated carbocycles. The third kappa shape index (κ3) is 3.16. The molecule has 0 radical (unpaired) electrons. The van der Waals surface area contributed by atoms with Gasteiger partial charge in [0.15, 0.2) is 0 Å². The monoisotopic (exact) mass is 292 g/mol. The van der Waals surface area contributed by atoms with Crippen molar-refractivity contribution in [3.8, 4) is 11.1 Å². The van der Waals surface area contributed by atoms with E-state index in [1.807, 2.05) is 33.9 Å². The molecule has 0 atom stereocenters. The zero-order valence-corrected chi connectivity index (χ0v) is 14.4. The first-order valence-corrected chi connectivity index (χ1v) is 7.86. The van der Waals surface area contributed by atoms with Crippen molar-refractivity contribution in [3.05, 3.63) is 59.0 Å². The predicted octanol–water partition coefficient (Wildman–Crippen LogP) is 5.56. The average molecular weight is 292 g/mol. The lowest BCUT2D eigenvalue weighted by molar-refractivity contribution is 1.20. The van der Waals surface area contributed by atoms with Crippen molar-refractivity contribution in [1.82, 2.24) is 9.97 Å². The molecule has 2 aromatic heterocycles. The van der Waals surface area contributed by atoms with Gasteiger partial charge in [-0.1, -0.05) is 13.8 Å². The maximum Gasteiger partial charge on any atom is 0.0737 e. The van der Waals surface area contributed by atoms with Crippen LogP contribution in [0.2, 0.25) is 0 Å². The van der Waals surface area contributed by atoms with E-state index >= 15 is 0 Å². The quantitative estimate of drug-likeness (QED) is 0.587. The number of aryl methyl sites for hydroxylation is 4. The standard InChI is InChI=1S/C18H18N2.C2H6/c1-11-7-14(4)20-18-12(2)8-16(10-17(11)18)15-5-6-19-13(3)9-15;1-2/h5-10H,1-4H3;1-2H3. The molecule has 3 aromatic rings. The van der Waals surface area contributed by atoms with Gasteiger partial charge in [0.1, 0.15) is 0 Å². The van der Waals surface area contributed by atoms with E-state index < -0.39 is 0 Å². The summed E-state index contributed by atoms with van der Waals surface area (Å²) in [5, 5.41) is 1.24. The number of nitrogens with zero attached hydrogens (tertiary/aromatic N) is 2. The van der Waals surface area contributed by atoms with Crippen molar-refractivity contribution in [3.63, 3.8) is 0 Å². The van der Waals surface area contributed by atoms with E-state index in [-0.39, 0.29) is 0 Å². The van der Waals surface area contributed by atoms with Crippen LogP contribution in [0, 0.1) is 27.7 Å². The third-order valence-electron chi connectivity index (χ3n) is 3.67. The molecule has 0 saturated heterocycles. The van der Waals surface area contributed by atoms with E-state index in [1.165, 1.54) is 27.6 Å². The molecular formula is C20H24N2. The Morgan fingerprint density at radius 3 is 2.14 bits per heavy atom. The van der Waals surface area contributed by atoms with Gasteiger partial charge in [0, 0.05) is 23.0 Å². The summed E-state index contributed by atoms with van der Waals surface area (Å²) < 4.78 is 0. The van der Waals surface area contributed by atoms with Gasteiger partial charge < -0.3 is 0 Å². The van der Waals surface area contributed by atoms with Crippen molar-refractivity contribution >= 4 is 10.9 Å². The minimum absolute atomic E-state index is 1.04. The highest BCUT2D eigenvalue weighted by atomic mass is 14.7. The zero-order valence-electron chi connectivity index (χ0n) is 14.4. The molecule has 2 heterocycles. The van der Waals surface area contributed by atoms with Crippen molar-refractivity contribution in [1.29, 1.82) is 0 Å². The summed E-state index contributed by atoms with van der Waals surface area (Å²) in [7, 11) is 0. The first kappa shape index (κ1) is 16.2. The molecule has 0 spiro atoms. The molecule has 1 aromatic carbocycles. The maximum absolute atomic E-state index is 4.68. The van der Waals surface area contributed by atoms with E-state index in [4.69, 9.17) is 0 Å². The number of hydrogen-bond acceptors (Lipinski definition) is 2. The van der Waals surface area contributed by atoms with Crippen LogP contribution in [0.5, 0.6) is 0 Å². The normalized spacial score (nSPS) is 10.3. The Balaban J connectivity index is 0.000000847. The Morgan fingerprint density at radius 2 is 1.45 bits per heavy atom. The molecule has 2 nitrogen and oxygen atoms in total. The van der Waals surface area contributed by atoms with Crippen LogP contribution in [0.4, 0.5) is 0 Å². The number of hydrogen-bond donors (Lipinski definition) is 0. The molecule has 3 rings (SSSR count). The summed E-state index contributed by atoms with van der Waals surface area (Å²) in [6, 6.07) is 10.8. The third-order valence-corrected chi connectivity index (χ3v) is 3.67. The molecule has 0 aliphatic rings. The molecule has 0 bridgehead atoms. The van der Waals surface area contributed by atoms with E-state index in [1.54, 1.807) is 0 Å². The van der Waals surface area contributed by atoms with Gasteiger partial charge in [-0.05, 0) is 80.3 Å². The van der Waals surface area contributed by atoms with Crippen LogP contribution in [0.1, 0.15) is 36.4 Å². The first-order chi connectivity index (χ1) is 10.5. The lowest BCUT2D eigenvalue weighted by Crippen LogP contribution is -1.92. The van der Waals surface area contributed by atoms with Crippen LogP contribution < -0.4 is 0 Å². The molecule has 0 aliphatic carbocycles. The van der Waals surface area contributed by atoms with Gasteiger partial charge in [-0.15, -0.1) is 0 Å². The van der Waals surface area contributed by atoms with Crippen LogP contribution in [-0.2, 0) is 0 Å². The SMILES string of the molecule is CC.Cc1cc(-c2cc(C)c3nc(C)cc(C)c3c2)ccn1. The molecule has 0 N–H and O–H groups in total. The van der Waals surface area contributed by atoms with Gasteiger partial charge in [0.25, 0.3) is 0 Å². The topological polar surface area (TPSA) is 25.8 Å². The summed E-state index contributed by atoms with van der Waals surface area (Å²) >= 11 is 0. The van der Waals surface area contributed by atoms with Gasteiger partial charge in [-0.2, -0.15) is 0 Å². The Bertz CT molecular complexity index is 804. The van der Waals surface area contributed by atoms with Crippen molar-refractivity contribution in [2.75, 3.05) is 0 Å². The predicted molar refractivity (Wildman–Crippen MR) is 95.3 cm³/mol. The summed E-state index contributed by atoms with van der Waals surface area (Å²) in [5.74, 6) is 0. The number of aromatic nitrogens is 2. The molecule has 0 aliphatic heterocycles. The lowest BCUT2D eigenvalue weighted by Gasteiger charge is -2.10. The fraction of sp³-hybridized carbons (Fsp3) is 0.300. The van der Waals surface area contributed by atoms with Gasteiger partial charge in [0.05, 0.1) is 5.52 Å². The molecule has 0 unspecified atom stereocenters. The highest BCUT2D eigenvalue weighted by Crippen LogP contribution is 2.28. The minimum atomic E-state index is 1.04. The van der Waals surface area contributed by atoms with E-state index in [9.17, 15) is 0 Å². The van der Waals surface area contributed by atoms with E-state index in [2.05, 4.69) is 54.1 Å². The number of fused-ring (bicyclic) bond motifs is 1. The van der Waals surface area contributed by atoms with E-state index in [0.29, 0.717) is 0 Å². The van der Waals surface area contributed by atoms with Gasteiger partial charge in [-0.25, -0.2) is 0 Å². The van der Waals surface area contributed by atoms with Gasteiger partial charge in [0.2, 0.25) is 0 Å². The second-order valence-corrected chi connectivity index (χ2v) is 5.46. The fourth-order valence-corrected chi connectivity index (χ4v) is 2.72. The molecule has 0 amide bonds. The van der Waals surface area contributed by atoms with Crippen molar-refractivity contribution in [2.24, 2.45) is 0 Å². The molecule has 2 heteroatoms. The number of benzene rings is 1. The Morgan fingerprint density at radius 1 is 0.727 bits per heavy atom. The Labute approximate surface area is 133 Å². The smallest absolute Gasteiger partial charge is 0.0737 e. The average Bonchev–Trinajstić information content (AvgIpc) is 2.50. The van der Waals surface area contributed by atoms with Crippen LogP contribution >= 0.6 is 0 Å². The van der Waals surface area contributed by atoms with Crippen LogP contribution in [0.25, 0.3) is 22.0 Å². The number of rotatable bonds is 1. The van der Waals surface area contributed by atoms with Crippen LogP contribution in [0.15, 0.2) is 36.5 Å². The Kier molecular flexibility index (Phi) is 4.92. The summed E-state index contributed by atoms with van der Waals surface area (Å²) in [6.45, 7) is 12.4. The van der Waals surface area contributed by atoms with Gasteiger partial charge >= 0.3 is 0 Å². The summed E-state index contributed by atoms with van der Waals surface area (Å²) in [6.07, 6.45) is 1.87. The molecule has 114 valence electrons. The lowest BCUT2D eigenvalue weighted by atomic mass is 9.98. The maximum atomic E-state index is 4.68. The largest absolute Gasteiger partial charge is 0.262 e. The van der Waals surface area contributed by atoms with E-state index in [0.717, 1.165) is 16.9 Å².